The summed E-state index contributed by atoms with van der Waals surface area (Å²) in [5.41, 5.74) is -0.404. The second-order valence-electron chi connectivity index (χ2n) is 7.02. The molecule has 0 aliphatic carbocycles. The van der Waals surface area contributed by atoms with E-state index in [-0.39, 0.29) is 18.0 Å². The van der Waals surface area contributed by atoms with Crippen LogP contribution in [-0.2, 0) is 14.3 Å². The summed E-state index contributed by atoms with van der Waals surface area (Å²) in [5.74, 6) is 0.310. The van der Waals surface area contributed by atoms with Crippen LogP contribution in [0.4, 0.5) is 4.79 Å². The maximum atomic E-state index is 12.1. The number of hydrogen-bond donors (Lipinski definition) is 0. The van der Waals surface area contributed by atoms with Crippen LogP contribution in [0.1, 0.15) is 60.3 Å². The second kappa shape index (κ2) is 8.39. The highest BCUT2D eigenvalue weighted by atomic mass is 16.6. The molecule has 1 heterocycles. The van der Waals surface area contributed by atoms with Gasteiger partial charge in [0.1, 0.15) is 5.60 Å². The van der Waals surface area contributed by atoms with Crippen molar-refractivity contribution >= 4 is 12.1 Å². The van der Waals surface area contributed by atoms with Crippen LogP contribution in [0.5, 0.6) is 0 Å². The first-order chi connectivity index (χ1) is 10.2. The third kappa shape index (κ3) is 6.24. The SMILES string of the molecule is CCC(C)(C)OC(=O)N1CCC(CCOC(=O)C(C)C)CC1. The van der Waals surface area contributed by atoms with Gasteiger partial charge in [-0.2, -0.15) is 0 Å². The van der Waals surface area contributed by atoms with Crippen molar-refractivity contribution in [3.8, 4) is 0 Å². The van der Waals surface area contributed by atoms with Crippen LogP contribution < -0.4 is 0 Å². The first kappa shape index (κ1) is 18.8. The van der Waals surface area contributed by atoms with E-state index >= 15 is 0 Å². The highest BCUT2D eigenvalue weighted by molar-refractivity contribution is 5.71. The number of nitrogens with zero attached hydrogens (tertiary/aromatic N) is 1. The molecule has 128 valence electrons. The van der Waals surface area contributed by atoms with Crippen molar-refractivity contribution in [3.05, 3.63) is 0 Å². The van der Waals surface area contributed by atoms with Gasteiger partial charge in [-0.3, -0.25) is 4.79 Å². The predicted octanol–water partition coefficient (Wildman–Crippen LogP) is 3.61. The van der Waals surface area contributed by atoms with Crippen LogP contribution in [0.2, 0.25) is 0 Å². The zero-order chi connectivity index (χ0) is 16.8. The van der Waals surface area contributed by atoms with Crippen LogP contribution in [0, 0.1) is 11.8 Å². The van der Waals surface area contributed by atoms with Crippen molar-refractivity contribution in [1.82, 2.24) is 4.90 Å². The van der Waals surface area contributed by atoms with Gasteiger partial charge in [-0.05, 0) is 45.4 Å². The Hall–Kier alpha value is -1.26. The summed E-state index contributed by atoms with van der Waals surface area (Å²) in [5, 5.41) is 0. The van der Waals surface area contributed by atoms with E-state index < -0.39 is 5.60 Å². The maximum absolute atomic E-state index is 12.1. The van der Waals surface area contributed by atoms with Gasteiger partial charge in [-0.15, -0.1) is 0 Å². The van der Waals surface area contributed by atoms with Gasteiger partial charge in [0, 0.05) is 13.1 Å². The van der Waals surface area contributed by atoms with Crippen molar-refractivity contribution in [2.45, 2.75) is 65.9 Å². The molecule has 1 saturated heterocycles. The Morgan fingerprint density at radius 1 is 1.23 bits per heavy atom. The molecule has 1 rings (SSSR count). The molecule has 0 atom stereocenters. The number of amides is 1. The molecule has 1 aliphatic rings. The highest BCUT2D eigenvalue weighted by Gasteiger charge is 2.28. The van der Waals surface area contributed by atoms with Gasteiger partial charge in [0.05, 0.1) is 12.5 Å². The van der Waals surface area contributed by atoms with Crippen molar-refractivity contribution in [2.24, 2.45) is 11.8 Å². The Kier molecular flexibility index (Phi) is 7.17. The molecule has 0 spiro atoms. The van der Waals surface area contributed by atoms with Gasteiger partial charge >= 0.3 is 12.1 Å². The first-order valence-electron chi connectivity index (χ1n) is 8.39. The quantitative estimate of drug-likeness (QED) is 0.703. The summed E-state index contributed by atoms with van der Waals surface area (Å²) in [6.07, 6.45) is 3.36. The molecule has 0 bridgehead atoms. The zero-order valence-electron chi connectivity index (χ0n) is 14.7. The molecule has 0 aromatic heterocycles. The molecular weight excluding hydrogens is 282 g/mol. The molecule has 1 fully saturated rings. The molecule has 0 aromatic rings. The summed E-state index contributed by atoms with van der Waals surface area (Å²) < 4.78 is 10.7. The van der Waals surface area contributed by atoms with E-state index in [4.69, 9.17) is 9.47 Å². The molecule has 1 amide bonds. The number of ether oxygens (including phenoxy) is 2. The molecule has 5 heteroatoms. The number of likely N-dealkylation sites (tertiary alicyclic amines) is 1. The van der Waals surface area contributed by atoms with Crippen molar-refractivity contribution in [1.29, 1.82) is 0 Å². The van der Waals surface area contributed by atoms with E-state index in [0.717, 1.165) is 38.8 Å². The Labute approximate surface area is 134 Å². The fourth-order valence-electron chi connectivity index (χ4n) is 2.27. The van der Waals surface area contributed by atoms with E-state index in [1.807, 2.05) is 34.6 Å². The monoisotopic (exact) mass is 313 g/mol. The molecule has 0 N–H and O–H groups in total. The third-order valence-corrected chi connectivity index (χ3v) is 4.33. The largest absolute Gasteiger partial charge is 0.465 e. The Bertz CT molecular complexity index is 371. The summed E-state index contributed by atoms with van der Waals surface area (Å²) >= 11 is 0. The van der Waals surface area contributed by atoms with E-state index in [0.29, 0.717) is 12.5 Å². The predicted molar refractivity (Wildman–Crippen MR) is 85.6 cm³/mol. The Morgan fingerprint density at radius 2 is 1.82 bits per heavy atom. The average molecular weight is 313 g/mol. The molecule has 0 saturated carbocycles. The van der Waals surface area contributed by atoms with Crippen molar-refractivity contribution in [2.75, 3.05) is 19.7 Å². The smallest absolute Gasteiger partial charge is 0.410 e. The fourth-order valence-corrected chi connectivity index (χ4v) is 2.27. The fraction of sp³-hybridized carbons (Fsp3) is 0.882. The normalized spacial score (nSPS) is 16.7. The molecule has 1 aliphatic heterocycles. The molecular formula is C17H31NO4. The lowest BCUT2D eigenvalue weighted by atomic mass is 9.94. The van der Waals surface area contributed by atoms with Gasteiger partial charge < -0.3 is 14.4 Å². The topological polar surface area (TPSA) is 55.8 Å². The molecule has 0 unspecified atom stereocenters. The summed E-state index contributed by atoms with van der Waals surface area (Å²) in [4.78, 5) is 25.3. The lowest BCUT2D eigenvalue weighted by Crippen LogP contribution is -2.42. The summed E-state index contributed by atoms with van der Waals surface area (Å²) in [7, 11) is 0. The van der Waals surface area contributed by atoms with Crippen LogP contribution in [0.25, 0.3) is 0 Å². The van der Waals surface area contributed by atoms with Crippen LogP contribution in [0.15, 0.2) is 0 Å². The molecule has 0 aromatic carbocycles. The van der Waals surface area contributed by atoms with Crippen molar-refractivity contribution < 1.29 is 19.1 Å². The lowest BCUT2D eigenvalue weighted by molar-refractivity contribution is -0.147. The second-order valence-corrected chi connectivity index (χ2v) is 7.02. The number of carbonyl (C=O) groups excluding carboxylic acids is 2. The van der Waals surface area contributed by atoms with Gasteiger partial charge in [0.25, 0.3) is 0 Å². The van der Waals surface area contributed by atoms with Crippen LogP contribution in [-0.4, -0.2) is 42.3 Å². The van der Waals surface area contributed by atoms with E-state index in [9.17, 15) is 9.59 Å². The van der Waals surface area contributed by atoms with E-state index in [2.05, 4.69) is 0 Å². The Morgan fingerprint density at radius 3 is 2.32 bits per heavy atom. The van der Waals surface area contributed by atoms with E-state index in [1.165, 1.54) is 0 Å². The summed E-state index contributed by atoms with van der Waals surface area (Å²) in [6, 6.07) is 0. The minimum Gasteiger partial charge on any atom is -0.465 e. The minimum atomic E-state index is -0.404. The number of hydrogen-bond acceptors (Lipinski definition) is 4. The number of rotatable bonds is 6. The average Bonchev–Trinajstić information content (AvgIpc) is 2.47. The van der Waals surface area contributed by atoms with Gasteiger partial charge in [-0.25, -0.2) is 4.79 Å². The van der Waals surface area contributed by atoms with Crippen LogP contribution in [0.3, 0.4) is 0 Å². The standard InChI is InChI=1S/C17H31NO4/c1-6-17(4,5)22-16(20)18-10-7-14(8-11-18)9-12-21-15(19)13(2)3/h13-14H,6-12H2,1-5H3. The minimum absolute atomic E-state index is 0.0708. The van der Waals surface area contributed by atoms with Gasteiger partial charge in [0.2, 0.25) is 0 Å². The maximum Gasteiger partial charge on any atom is 0.410 e. The summed E-state index contributed by atoms with van der Waals surface area (Å²) in [6.45, 7) is 11.5. The highest BCUT2D eigenvalue weighted by Crippen LogP contribution is 2.23. The molecule has 22 heavy (non-hydrogen) atoms. The lowest BCUT2D eigenvalue weighted by Gasteiger charge is -2.34. The van der Waals surface area contributed by atoms with Gasteiger partial charge in [0.15, 0.2) is 0 Å². The van der Waals surface area contributed by atoms with Crippen molar-refractivity contribution in [3.63, 3.8) is 0 Å². The number of piperidine rings is 1. The third-order valence-electron chi connectivity index (χ3n) is 4.33. The number of carbonyl (C=O) groups is 2. The Balaban J connectivity index is 2.26. The molecule has 0 radical (unpaired) electrons. The van der Waals surface area contributed by atoms with Crippen LogP contribution >= 0.6 is 0 Å². The number of esters is 1. The first-order valence-corrected chi connectivity index (χ1v) is 8.39. The molecule has 5 nitrogen and oxygen atoms in total. The van der Waals surface area contributed by atoms with E-state index in [1.54, 1.807) is 4.90 Å². The van der Waals surface area contributed by atoms with Gasteiger partial charge in [-0.1, -0.05) is 20.8 Å². The zero-order valence-corrected chi connectivity index (χ0v) is 14.7.